The first-order valence-corrected chi connectivity index (χ1v) is 6.38. The number of anilines is 2. The van der Waals surface area contributed by atoms with Gasteiger partial charge in [-0.25, -0.2) is 0 Å². The average molecular weight is 264 g/mol. The Kier molecular flexibility index (Phi) is 2.73. The Morgan fingerprint density at radius 3 is 1.76 bits per heavy atom. The number of alkyl halides is 2. The molecule has 2 aromatic carbocycles. The lowest BCUT2D eigenvalue weighted by molar-refractivity contribution is 1.00. The van der Waals surface area contributed by atoms with E-state index in [1.165, 1.54) is 11.1 Å². The standard InChI is InChI=1S/C14H11Cl2N/c15-14(16)17-12-7-3-1-5-10(12)9-11-6-2-4-8-13(11)17/h1-8,14H,9H2. The molecule has 1 aliphatic rings. The Labute approximate surface area is 111 Å². The summed E-state index contributed by atoms with van der Waals surface area (Å²) in [5.41, 5.74) is 4.72. The molecule has 1 heterocycles. The van der Waals surface area contributed by atoms with Gasteiger partial charge < -0.3 is 4.90 Å². The summed E-state index contributed by atoms with van der Waals surface area (Å²) in [6.07, 6.45) is 0.934. The molecule has 0 fully saturated rings. The lowest BCUT2D eigenvalue weighted by Gasteiger charge is -2.34. The van der Waals surface area contributed by atoms with Crippen LogP contribution in [0, 0.1) is 0 Å². The van der Waals surface area contributed by atoms with E-state index < -0.39 is 4.96 Å². The van der Waals surface area contributed by atoms with E-state index in [0.717, 1.165) is 17.8 Å². The molecule has 0 spiro atoms. The highest BCUT2D eigenvalue weighted by Gasteiger charge is 2.25. The summed E-state index contributed by atoms with van der Waals surface area (Å²) in [4.78, 5) is 1.40. The fourth-order valence-electron chi connectivity index (χ4n) is 2.34. The van der Waals surface area contributed by atoms with Crippen LogP contribution in [0.5, 0.6) is 0 Å². The molecule has 0 bridgehead atoms. The molecule has 0 atom stereocenters. The molecule has 0 aliphatic carbocycles. The summed E-state index contributed by atoms with van der Waals surface area (Å²) in [7, 11) is 0. The van der Waals surface area contributed by atoms with Crippen molar-refractivity contribution in [1.29, 1.82) is 0 Å². The second kappa shape index (κ2) is 4.25. The van der Waals surface area contributed by atoms with Gasteiger partial charge in [0.05, 0.1) is 0 Å². The fourth-order valence-corrected chi connectivity index (χ4v) is 2.76. The summed E-state index contributed by atoms with van der Waals surface area (Å²) in [5, 5.41) is 0. The Morgan fingerprint density at radius 2 is 1.29 bits per heavy atom. The van der Waals surface area contributed by atoms with Crippen LogP contribution in [0.2, 0.25) is 0 Å². The minimum absolute atomic E-state index is 0.572. The van der Waals surface area contributed by atoms with E-state index in [9.17, 15) is 0 Å². The number of fused-ring (bicyclic) bond motifs is 2. The van der Waals surface area contributed by atoms with Crippen LogP contribution in [-0.4, -0.2) is 4.96 Å². The molecule has 3 rings (SSSR count). The van der Waals surface area contributed by atoms with Gasteiger partial charge in [-0.15, -0.1) is 0 Å². The van der Waals surface area contributed by atoms with Crippen molar-refractivity contribution < 1.29 is 0 Å². The van der Waals surface area contributed by atoms with Gasteiger partial charge in [0, 0.05) is 17.8 Å². The summed E-state index contributed by atoms with van der Waals surface area (Å²) in [5.74, 6) is 0. The lowest BCUT2D eigenvalue weighted by Crippen LogP contribution is -2.26. The van der Waals surface area contributed by atoms with Gasteiger partial charge in [0.1, 0.15) is 0 Å². The summed E-state index contributed by atoms with van der Waals surface area (Å²) in [6.45, 7) is 0. The smallest absolute Gasteiger partial charge is 0.184 e. The third-order valence-corrected chi connectivity index (χ3v) is 3.47. The number of benzene rings is 2. The van der Waals surface area contributed by atoms with Crippen LogP contribution in [0.3, 0.4) is 0 Å². The van der Waals surface area contributed by atoms with Crippen LogP contribution < -0.4 is 4.90 Å². The van der Waals surface area contributed by atoms with Gasteiger partial charge in [0.2, 0.25) is 0 Å². The van der Waals surface area contributed by atoms with Crippen molar-refractivity contribution in [3.8, 4) is 0 Å². The van der Waals surface area contributed by atoms with Crippen LogP contribution in [0.1, 0.15) is 11.1 Å². The maximum atomic E-state index is 6.10. The number of hydrogen-bond acceptors (Lipinski definition) is 1. The van der Waals surface area contributed by atoms with Gasteiger partial charge in [-0.1, -0.05) is 59.6 Å². The molecule has 3 heteroatoms. The molecule has 1 aliphatic heterocycles. The molecule has 0 aromatic heterocycles. The Hall–Kier alpha value is -1.18. The van der Waals surface area contributed by atoms with Crippen LogP contribution in [0.15, 0.2) is 48.5 Å². The van der Waals surface area contributed by atoms with E-state index in [4.69, 9.17) is 23.2 Å². The summed E-state index contributed by atoms with van der Waals surface area (Å²) < 4.78 is 0. The van der Waals surface area contributed by atoms with E-state index in [0.29, 0.717) is 0 Å². The van der Waals surface area contributed by atoms with E-state index in [2.05, 4.69) is 24.3 Å². The first-order chi connectivity index (χ1) is 8.27. The Balaban J connectivity index is 2.21. The number of rotatable bonds is 1. The van der Waals surface area contributed by atoms with Crippen molar-refractivity contribution >= 4 is 34.6 Å². The zero-order valence-corrected chi connectivity index (χ0v) is 10.6. The van der Waals surface area contributed by atoms with Crippen LogP contribution in [0.25, 0.3) is 0 Å². The Morgan fingerprint density at radius 1 is 0.824 bits per heavy atom. The topological polar surface area (TPSA) is 3.24 Å². The second-order valence-corrected chi connectivity index (χ2v) is 5.13. The maximum absolute atomic E-state index is 6.10. The van der Waals surface area contributed by atoms with Gasteiger partial charge in [-0.3, -0.25) is 0 Å². The second-order valence-electron chi connectivity index (χ2n) is 4.08. The minimum Gasteiger partial charge on any atom is -0.311 e. The molecular weight excluding hydrogens is 253 g/mol. The molecule has 0 amide bonds. The zero-order valence-electron chi connectivity index (χ0n) is 9.11. The van der Waals surface area contributed by atoms with Crippen molar-refractivity contribution in [3.05, 3.63) is 59.7 Å². The molecule has 86 valence electrons. The molecule has 17 heavy (non-hydrogen) atoms. The van der Waals surface area contributed by atoms with Crippen molar-refractivity contribution in [2.45, 2.75) is 11.4 Å². The molecule has 2 aromatic rings. The first-order valence-electron chi connectivity index (χ1n) is 5.50. The van der Waals surface area contributed by atoms with Crippen LogP contribution >= 0.6 is 23.2 Å². The zero-order chi connectivity index (χ0) is 11.8. The largest absolute Gasteiger partial charge is 0.311 e. The average Bonchev–Trinajstić information content (AvgIpc) is 2.35. The number of para-hydroxylation sites is 2. The van der Waals surface area contributed by atoms with Gasteiger partial charge >= 0.3 is 0 Å². The van der Waals surface area contributed by atoms with Crippen molar-refractivity contribution in [1.82, 2.24) is 0 Å². The number of halogens is 2. The molecule has 0 radical (unpaired) electrons. The van der Waals surface area contributed by atoms with Gasteiger partial charge in [0.15, 0.2) is 4.96 Å². The summed E-state index contributed by atoms with van der Waals surface area (Å²) in [6, 6.07) is 16.5. The van der Waals surface area contributed by atoms with Crippen molar-refractivity contribution in [2.75, 3.05) is 4.90 Å². The summed E-state index contributed by atoms with van der Waals surface area (Å²) >= 11 is 12.2. The number of hydrogen-bond donors (Lipinski definition) is 0. The monoisotopic (exact) mass is 263 g/mol. The van der Waals surface area contributed by atoms with E-state index in [1.807, 2.05) is 29.2 Å². The SMILES string of the molecule is ClC(Cl)N1c2ccccc2Cc2ccccc21. The highest BCUT2D eigenvalue weighted by molar-refractivity contribution is 6.46. The highest BCUT2D eigenvalue weighted by atomic mass is 35.5. The normalized spacial score (nSPS) is 13.5. The molecule has 0 unspecified atom stereocenters. The van der Waals surface area contributed by atoms with E-state index >= 15 is 0 Å². The molecule has 0 N–H and O–H groups in total. The van der Waals surface area contributed by atoms with Gasteiger partial charge in [-0.2, -0.15) is 0 Å². The maximum Gasteiger partial charge on any atom is 0.184 e. The molecular formula is C14H11Cl2N. The molecule has 0 saturated heterocycles. The van der Waals surface area contributed by atoms with E-state index in [-0.39, 0.29) is 0 Å². The highest BCUT2D eigenvalue weighted by Crippen LogP contribution is 2.41. The van der Waals surface area contributed by atoms with Gasteiger partial charge in [-0.05, 0) is 23.3 Å². The van der Waals surface area contributed by atoms with Crippen molar-refractivity contribution in [3.63, 3.8) is 0 Å². The predicted molar refractivity (Wildman–Crippen MR) is 73.3 cm³/mol. The van der Waals surface area contributed by atoms with Crippen molar-refractivity contribution in [2.24, 2.45) is 0 Å². The third-order valence-electron chi connectivity index (χ3n) is 3.08. The molecule has 0 saturated carbocycles. The molecule has 1 nitrogen and oxygen atoms in total. The number of nitrogens with zero attached hydrogens (tertiary/aromatic N) is 1. The van der Waals surface area contributed by atoms with Gasteiger partial charge in [0.25, 0.3) is 0 Å². The lowest BCUT2D eigenvalue weighted by atomic mass is 9.96. The fraction of sp³-hybridized carbons (Fsp3) is 0.143. The predicted octanol–water partition coefficient (Wildman–Crippen LogP) is 4.49. The Bertz CT molecular complexity index is 506. The van der Waals surface area contributed by atoms with Crippen LogP contribution in [-0.2, 0) is 6.42 Å². The van der Waals surface area contributed by atoms with E-state index in [1.54, 1.807) is 0 Å². The quantitative estimate of drug-likeness (QED) is 0.541. The van der Waals surface area contributed by atoms with Crippen LogP contribution in [0.4, 0.5) is 11.4 Å². The minimum atomic E-state index is -0.572. The third kappa shape index (κ3) is 1.80. The first kappa shape index (κ1) is 10.9.